The molecule has 0 unspecified atom stereocenters. The zero-order valence-corrected chi connectivity index (χ0v) is 11.8. The zero-order chi connectivity index (χ0) is 12.9. The molecule has 0 atom stereocenters. The summed E-state index contributed by atoms with van der Waals surface area (Å²) in [5, 5.41) is 0. The number of alkyl halides is 2. The third-order valence-electron chi connectivity index (χ3n) is 1.58. The standard InChI is InChI=1S/C10H16Cl2O4S/c11-3-5-15-9(13)1-7-17-8-2-10(14)16-6-4-12/h1-8H2. The van der Waals surface area contributed by atoms with Gasteiger partial charge < -0.3 is 9.47 Å². The highest BCUT2D eigenvalue weighted by atomic mass is 35.5. The third-order valence-corrected chi connectivity index (χ3v) is 2.88. The lowest BCUT2D eigenvalue weighted by molar-refractivity contribution is -0.143. The van der Waals surface area contributed by atoms with Gasteiger partial charge in [0.2, 0.25) is 0 Å². The quantitative estimate of drug-likeness (QED) is 0.351. The normalized spacial score (nSPS) is 10.0. The number of rotatable bonds is 10. The van der Waals surface area contributed by atoms with E-state index in [1.807, 2.05) is 0 Å². The van der Waals surface area contributed by atoms with E-state index in [0.717, 1.165) is 0 Å². The molecule has 0 bridgehead atoms. The van der Waals surface area contributed by atoms with Gasteiger partial charge in [0.1, 0.15) is 13.2 Å². The predicted octanol–water partition coefficient (Wildman–Crippen LogP) is 2.06. The Morgan fingerprint density at radius 3 is 1.65 bits per heavy atom. The Morgan fingerprint density at radius 1 is 0.882 bits per heavy atom. The van der Waals surface area contributed by atoms with Crippen LogP contribution in [0, 0.1) is 0 Å². The number of thioether (sulfide) groups is 1. The second-order valence-electron chi connectivity index (χ2n) is 2.93. The summed E-state index contributed by atoms with van der Waals surface area (Å²) < 4.78 is 9.56. The Morgan fingerprint density at radius 2 is 1.29 bits per heavy atom. The maximum atomic E-state index is 11.0. The topological polar surface area (TPSA) is 52.6 Å². The van der Waals surface area contributed by atoms with Gasteiger partial charge >= 0.3 is 11.9 Å². The van der Waals surface area contributed by atoms with Crippen LogP contribution in [0.1, 0.15) is 12.8 Å². The lowest BCUT2D eigenvalue weighted by Gasteiger charge is -2.03. The predicted molar refractivity (Wildman–Crippen MR) is 69.9 cm³/mol. The summed E-state index contributed by atoms with van der Waals surface area (Å²) in [6.07, 6.45) is 0.663. The van der Waals surface area contributed by atoms with Crippen molar-refractivity contribution in [2.45, 2.75) is 12.8 Å². The van der Waals surface area contributed by atoms with Crippen molar-refractivity contribution >= 4 is 46.9 Å². The summed E-state index contributed by atoms with van der Waals surface area (Å²) in [7, 11) is 0. The molecule has 0 amide bonds. The number of ether oxygens (including phenoxy) is 2. The monoisotopic (exact) mass is 302 g/mol. The Labute approximate surface area is 115 Å². The Hall–Kier alpha value is -0.130. The molecule has 7 heteroatoms. The molecule has 0 aromatic rings. The average molecular weight is 303 g/mol. The van der Waals surface area contributed by atoms with Crippen molar-refractivity contribution in [3.8, 4) is 0 Å². The van der Waals surface area contributed by atoms with Gasteiger partial charge in [0.15, 0.2) is 0 Å². The van der Waals surface area contributed by atoms with Gasteiger partial charge in [0, 0.05) is 11.5 Å². The number of halogens is 2. The van der Waals surface area contributed by atoms with Crippen LogP contribution in [0.2, 0.25) is 0 Å². The van der Waals surface area contributed by atoms with E-state index < -0.39 is 0 Å². The second-order valence-corrected chi connectivity index (χ2v) is 4.91. The molecular weight excluding hydrogens is 287 g/mol. The first-order valence-corrected chi connectivity index (χ1v) is 7.44. The van der Waals surface area contributed by atoms with E-state index in [4.69, 9.17) is 32.7 Å². The lowest BCUT2D eigenvalue weighted by atomic mass is 10.5. The van der Waals surface area contributed by atoms with Crippen LogP contribution in [-0.2, 0) is 19.1 Å². The zero-order valence-electron chi connectivity index (χ0n) is 9.45. The molecule has 0 radical (unpaired) electrons. The van der Waals surface area contributed by atoms with Gasteiger partial charge in [0.05, 0.1) is 24.6 Å². The molecule has 0 saturated carbocycles. The fourth-order valence-electron chi connectivity index (χ4n) is 0.862. The van der Waals surface area contributed by atoms with Crippen LogP contribution in [0.25, 0.3) is 0 Å². The van der Waals surface area contributed by atoms with Crippen molar-refractivity contribution in [2.24, 2.45) is 0 Å². The van der Waals surface area contributed by atoms with Crippen molar-refractivity contribution in [2.75, 3.05) is 36.5 Å². The minimum Gasteiger partial charge on any atom is -0.464 e. The van der Waals surface area contributed by atoms with E-state index in [2.05, 4.69) is 0 Å². The van der Waals surface area contributed by atoms with Crippen molar-refractivity contribution in [3.63, 3.8) is 0 Å². The summed E-state index contributed by atoms with van der Waals surface area (Å²) in [4.78, 5) is 22.1. The van der Waals surface area contributed by atoms with Crippen LogP contribution in [-0.4, -0.2) is 48.4 Å². The van der Waals surface area contributed by atoms with Gasteiger partial charge in [-0.25, -0.2) is 0 Å². The van der Waals surface area contributed by atoms with Crippen LogP contribution >= 0.6 is 35.0 Å². The van der Waals surface area contributed by atoms with Crippen LogP contribution < -0.4 is 0 Å². The van der Waals surface area contributed by atoms with E-state index >= 15 is 0 Å². The molecule has 100 valence electrons. The molecule has 0 aromatic carbocycles. The SMILES string of the molecule is O=C(CCSCCC(=O)OCCCl)OCCCl. The number of carbonyl (C=O) groups excluding carboxylic acids is 2. The van der Waals surface area contributed by atoms with Gasteiger partial charge in [-0.15, -0.1) is 23.2 Å². The lowest BCUT2D eigenvalue weighted by Crippen LogP contribution is -2.09. The minimum absolute atomic E-state index is 0.246. The molecule has 0 aliphatic rings. The van der Waals surface area contributed by atoms with E-state index in [9.17, 15) is 9.59 Å². The third kappa shape index (κ3) is 12.1. The second kappa shape index (κ2) is 12.3. The summed E-state index contributed by atoms with van der Waals surface area (Å²) in [6.45, 7) is 0.492. The Kier molecular flexibility index (Phi) is 12.2. The molecule has 0 spiro atoms. The van der Waals surface area contributed by atoms with Crippen LogP contribution in [0.15, 0.2) is 0 Å². The highest BCUT2D eigenvalue weighted by molar-refractivity contribution is 7.99. The van der Waals surface area contributed by atoms with E-state index in [-0.39, 0.29) is 25.2 Å². The molecule has 0 saturated heterocycles. The van der Waals surface area contributed by atoms with Crippen molar-refractivity contribution in [1.29, 1.82) is 0 Å². The minimum atomic E-state index is -0.261. The van der Waals surface area contributed by atoms with Crippen molar-refractivity contribution in [1.82, 2.24) is 0 Å². The van der Waals surface area contributed by atoms with Crippen molar-refractivity contribution < 1.29 is 19.1 Å². The van der Waals surface area contributed by atoms with Gasteiger partial charge in [0.25, 0.3) is 0 Å². The maximum Gasteiger partial charge on any atom is 0.306 e. The Bertz CT molecular complexity index is 204. The van der Waals surface area contributed by atoms with Crippen LogP contribution in [0.3, 0.4) is 0 Å². The average Bonchev–Trinajstić information content (AvgIpc) is 2.33. The maximum absolute atomic E-state index is 11.0. The van der Waals surface area contributed by atoms with Crippen LogP contribution in [0.4, 0.5) is 0 Å². The first-order chi connectivity index (χ1) is 8.20. The molecule has 0 heterocycles. The number of hydrogen-bond acceptors (Lipinski definition) is 5. The van der Waals surface area contributed by atoms with Gasteiger partial charge in [-0.2, -0.15) is 11.8 Å². The largest absolute Gasteiger partial charge is 0.464 e. The molecular formula is C10H16Cl2O4S. The van der Waals surface area contributed by atoms with Crippen LogP contribution in [0.5, 0.6) is 0 Å². The molecule has 4 nitrogen and oxygen atoms in total. The summed E-state index contributed by atoms with van der Waals surface area (Å²) >= 11 is 12.2. The van der Waals surface area contributed by atoms with E-state index in [1.54, 1.807) is 0 Å². The highest BCUT2D eigenvalue weighted by Crippen LogP contribution is 2.06. The van der Waals surface area contributed by atoms with Gasteiger partial charge in [-0.05, 0) is 0 Å². The number of hydrogen-bond donors (Lipinski definition) is 0. The molecule has 0 aliphatic carbocycles. The van der Waals surface area contributed by atoms with Gasteiger partial charge in [-0.1, -0.05) is 0 Å². The summed E-state index contributed by atoms with van der Waals surface area (Å²) in [5.74, 6) is 1.36. The molecule has 0 aliphatic heterocycles. The first kappa shape index (κ1) is 16.9. The highest BCUT2D eigenvalue weighted by Gasteiger charge is 2.04. The molecule has 17 heavy (non-hydrogen) atoms. The fourth-order valence-corrected chi connectivity index (χ4v) is 1.84. The molecule has 0 aromatic heterocycles. The summed E-state index contributed by atoms with van der Waals surface area (Å²) in [6, 6.07) is 0. The van der Waals surface area contributed by atoms with E-state index in [1.165, 1.54) is 11.8 Å². The molecule has 0 N–H and O–H groups in total. The fraction of sp³-hybridized carbons (Fsp3) is 0.800. The number of carbonyl (C=O) groups is 2. The number of esters is 2. The van der Waals surface area contributed by atoms with Crippen molar-refractivity contribution in [3.05, 3.63) is 0 Å². The summed E-state index contributed by atoms with van der Waals surface area (Å²) in [5.41, 5.74) is 0. The van der Waals surface area contributed by atoms with Gasteiger partial charge in [-0.3, -0.25) is 9.59 Å². The van der Waals surface area contributed by atoms with E-state index in [0.29, 0.717) is 36.1 Å². The first-order valence-electron chi connectivity index (χ1n) is 5.21. The molecule has 0 rings (SSSR count). The Balaban J connectivity index is 3.28. The smallest absolute Gasteiger partial charge is 0.306 e. The molecule has 0 fully saturated rings.